The molecule has 0 aliphatic carbocycles. The molecule has 0 spiro atoms. The Labute approximate surface area is 280 Å². The van der Waals surface area contributed by atoms with Crippen LogP contribution >= 0.6 is 0 Å². The second-order valence-electron chi connectivity index (χ2n) is 12.4. The maximum Gasteiger partial charge on any atom is 0.124 e. The Morgan fingerprint density at radius 1 is 0.667 bits per heavy atom. The smallest absolute Gasteiger partial charge is 0.124 e. The summed E-state index contributed by atoms with van der Waals surface area (Å²) in [5.41, 5.74) is 9.32. The minimum Gasteiger partial charge on any atom is -0.476 e. The van der Waals surface area contributed by atoms with Crippen LogP contribution in [0.5, 0.6) is 0 Å². The zero-order valence-corrected chi connectivity index (χ0v) is 29.7. The molecule has 0 N–H and O–H groups in total. The van der Waals surface area contributed by atoms with Gasteiger partial charge in [0, 0.05) is 32.5 Å². The molecule has 1 radical (unpaired) electrons. The third kappa shape index (κ3) is 7.40. The maximum absolute atomic E-state index is 6.21. The van der Waals surface area contributed by atoms with Crippen LogP contribution in [0.3, 0.4) is 0 Å². The first-order valence-corrected chi connectivity index (χ1v) is 18.6. The molecule has 0 unspecified atom stereocenters. The molecule has 0 saturated carbocycles. The van der Waals surface area contributed by atoms with Gasteiger partial charge in [-0.2, -0.15) is 0 Å². The summed E-state index contributed by atoms with van der Waals surface area (Å²) < 4.78 is 6.21. The Morgan fingerprint density at radius 2 is 1.44 bits per heavy atom. The fraction of sp³-hybridized carbons (Fsp3) is 0.150. The first-order chi connectivity index (χ1) is 21.3. The van der Waals surface area contributed by atoms with Gasteiger partial charge in [0.05, 0.1) is 13.7 Å². The van der Waals surface area contributed by atoms with E-state index in [1.807, 2.05) is 54.9 Å². The van der Waals surface area contributed by atoms with Crippen LogP contribution in [-0.4, -0.2) is 18.0 Å². The van der Waals surface area contributed by atoms with Crippen molar-refractivity contribution < 1.29 is 24.5 Å². The van der Waals surface area contributed by atoms with E-state index >= 15 is 0 Å². The summed E-state index contributed by atoms with van der Waals surface area (Å²) in [5.74, 6) is 0.466. The third-order valence-corrected chi connectivity index (χ3v) is 9.88. The molecule has 45 heavy (non-hydrogen) atoms. The summed E-state index contributed by atoms with van der Waals surface area (Å²) >= 11 is 0. The Hall–Kier alpha value is -4.15. The molecular weight excluding hydrogens is 745 g/mol. The van der Waals surface area contributed by atoms with Crippen molar-refractivity contribution >= 4 is 35.2 Å². The van der Waals surface area contributed by atoms with Gasteiger partial charge in [-0.25, -0.2) is 0 Å². The van der Waals surface area contributed by atoms with Gasteiger partial charge in [-0.3, -0.25) is 0 Å². The zero-order chi connectivity index (χ0) is 30.7. The fourth-order valence-corrected chi connectivity index (χ4v) is 6.21. The SMILES string of the molecule is CC(C)c1ccnc(-c2[c-]cc3c(c2)oc2cc(-c4ccccc4)ccc23)c1.C[Si](C)(C)c1ccc(-c2[c-]cccc2)nc1.[Ir]. The van der Waals surface area contributed by atoms with Crippen molar-refractivity contribution in [2.24, 2.45) is 0 Å². The standard InChI is InChI=1S/C26H20NO.C14H16NSi.Ir/c1-17(2)19-12-13-27-24(14-19)21-9-11-23-22-10-8-20(18-6-4-3-5-7-18)15-25(22)28-26(23)16-21;1-16(2,3)13-9-10-14(15-11-13)12-7-5-4-6-8-12;/h3-8,10-17H,1-2H3;4-7,9-11H,1-3H3;/q2*-1;. The molecule has 5 heteroatoms. The predicted octanol–water partition coefficient (Wildman–Crippen LogP) is 10.3. The monoisotopic (exact) mass is 781 g/mol. The zero-order valence-electron chi connectivity index (χ0n) is 26.3. The first-order valence-electron chi connectivity index (χ1n) is 15.1. The molecule has 0 atom stereocenters. The van der Waals surface area contributed by atoms with Crippen molar-refractivity contribution in [2.45, 2.75) is 39.4 Å². The minimum atomic E-state index is -1.23. The average Bonchev–Trinajstić information content (AvgIpc) is 3.43. The Bertz CT molecular complexity index is 2010. The number of nitrogens with zero attached hydrogens (tertiary/aromatic N) is 2. The molecule has 3 heterocycles. The summed E-state index contributed by atoms with van der Waals surface area (Å²) in [4.78, 5) is 9.05. The Kier molecular flexibility index (Phi) is 9.94. The van der Waals surface area contributed by atoms with Gasteiger partial charge >= 0.3 is 0 Å². The molecule has 4 aromatic carbocycles. The second-order valence-corrected chi connectivity index (χ2v) is 17.5. The molecule has 0 aliphatic heterocycles. The normalized spacial score (nSPS) is 11.2. The van der Waals surface area contributed by atoms with Crippen LogP contribution in [0.1, 0.15) is 25.3 Å². The van der Waals surface area contributed by atoms with Gasteiger partial charge in [0.15, 0.2) is 0 Å². The molecule has 0 fully saturated rings. The van der Waals surface area contributed by atoms with E-state index < -0.39 is 8.07 Å². The number of furan rings is 1. The van der Waals surface area contributed by atoms with E-state index in [-0.39, 0.29) is 20.1 Å². The summed E-state index contributed by atoms with van der Waals surface area (Å²) in [7, 11) is -1.23. The van der Waals surface area contributed by atoms with Crippen LogP contribution in [-0.2, 0) is 20.1 Å². The molecule has 227 valence electrons. The number of rotatable bonds is 5. The number of hydrogen-bond donors (Lipinski definition) is 0. The van der Waals surface area contributed by atoms with Crippen molar-refractivity contribution in [1.82, 2.24) is 9.97 Å². The number of aromatic nitrogens is 2. The van der Waals surface area contributed by atoms with E-state index in [4.69, 9.17) is 4.42 Å². The van der Waals surface area contributed by atoms with Crippen molar-refractivity contribution in [3.05, 3.63) is 139 Å². The minimum absolute atomic E-state index is 0. The fourth-order valence-electron chi connectivity index (χ4n) is 5.18. The number of fused-ring (bicyclic) bond motifs is 3. The topological polar surface area (TPSA) is 38.9 Å². The molecule has 0 aliphatic rings. The van der Waals surface area contributed by atoms with Crippen molar-refractivity contribution in [1.29, 1.82) is 0 Å². The van der Waals surface area contributed by atoms with E-state index in [0.717, 1.165) is 50.0 Å². The average molecular weight is 781 g/mol. The number of benzene rings is 4. The second kappa shape index (κ2) is 13.9. The van der Waals surface area contributed by atoms with Crippen LogP contribution in [0, 0.1) is 12.1 Å². The first kappa shape index (κ1) is 32.2. The van der Waals surface area contributed by atoms with Gasteiger partial charge < -0.3 is 14.4 Å². The van der Waals surface area contributed by atoms with Crippen LogP contribution < -0.4 is 5.19 Å². The summed E-state index contributed by atoms with van der Waals surface area (Å²) in [6, 6.07) is 43.9. The van der Waals surface area contributed by atoms with Crippen molar-refractivity contribution in [3.8, 4) is 33.6 Å². The van der Waals surface area contributed by atoms with Crippen LogP contribution in [0.25, 0.3) is 55.6 Å². The Balaban J connectivity index is 0.000000202. The van der Waals surface area contributed by atoms with Gasteiger partial charge in [-0.05, 0) is 51.1 Å². The summed E-state index contributed by atoms with van der Waals surface area (Å²) in [6.07, 6.45) is 3.88. The molecule has 3 nitrogen and oxygen atoms in total. The van der Waals surface area contributed by atoms with Gasteiger partial charge in [0.2, 0.25) is 0 Å². The van der Waals surface area contributed by atoms with E-state index in [1.165, 1.54) is 16.3 Å². The molecule has 7 aromatic rings. The molecule has 7 rings (SSSR count). The van der Waals surface area contributed by atoms with Crippen molar-refractivity contribution in [2.75, 3.05) is 0 Å². The summed E-state index contributed by atoms with van der Waals surface area (Å²) in [6.45, 7) is 11.4. The van der Waals surface area contributed by atoms with Gasteiger partial charge in [-0.1, -0.05) is 111 Å². The van der Waals surface area contributed by atoms with Crippen LogP contribution in [0.2, 0.25) is 19.6 Å². The summed E-state index contributed by atoms with van der Waals surface area (Å²) in [5, 5.41) is 3.59. The van der Waals surface area contributed by atoms with Gasteiger partial charge in [-0.15, -0.1) is 53.6 Å². The number of pyridine rings is 2. The van der Waals surface area contributed by atoms with E-state index in [0.29, 0.717) is 5.92 Å². The molecule has 0 amide bonds. The Morgan fingerprint density at radius 3 is 2.13 bits per heavy atom. The van der Waals surface area contributed by atoms with E-state index in [1.54, 1.807) is 0 Å². The number of hydrogen-bond acceptors (Lipinski definition) is 3. The largest absolute Gasteiger partial charge is 0.476 e. The third-order valence-electron chi connectivity index (χ3n) is 7.85. The van der Waals surface area contributed by atoms with Crippen LogP contribution in [0.4, 0.5) is 0 Å². The molecule has 3 aromatic heterocycles. The van der Waals surface area contributed by atoms with Gasteiger partial charge in [0.1, 0.15) is 5.58 Å². The van der Waals surface area contributed by atoms with Crippen LogP contribution in [0.15, 0.2) is 126 Å². The van der Waals surface area contributed by atoms with E-state index in [9.17, 15) is 0 Å². The maximum atomic E-state index is 6.21. The van der Waals surface area contributed by atoms with Crippen molar-refractivity contribution in [3.63, 3.8) is 0 Å². The van der Waals surface area contributed by atoms with Gasteiger partial charge in [0.25, 0.3) is 0 Å². The van der Waals surface area contributed by atoms with E-state index in [2.05, 4.69) is 122 Å². The molecule has 0 bridgehead atoms. The molecular formula is C40H36IrN2OSi-2. The predicted molar refractivity (Wildman–Crippen MR) is 187 cm³/mol. The molecule has 0 saturated heterocycles. The quantitative estimate of drug-likeness (QED) is 0.129.